The number of nitrogens with one attached hydrogen (secondary N) is 1. The molecule has 1 atom stereocenters. The Hall–Kier alpha value is -2.49. The molecule has 22 heavy (non-hydrogen) atoms. The van der Waals surface area contributed by atoms with Crippen molar-refractivity contribution >= 4 is 11.7 Å². The molecule has 0 spiro atoms. The second-order valence-electron chi connectivity index (χ2n) is 5.03. The predicted octanol–water partition coefficient (Wildman–Crippen LogP) is 4.31. The third-order valence-electron chi connectivity index (χ3n) is 3.67. The summed E-state index contributed by atoms with van der Waals surface area (Å²) in [5.41, 5.74) is 1.84. The highest BCUT2D eigenvalue weighted by Crippen LogP contribution is 2.24. The van der Waals surface area contributed by atoms with Crippen LogP contribution in [0.5, 0.6) is 5.75 Å². The van der Waals surface area contributed by atoms with Gasteiger partial charge in [0.1, 0.15) is 5.75 Å². The summed E-state index contributed by atoms with van der Waals surface area (Å²) in [6.07, 6.45) is 0. The van der Waals surface area contributed by atoms with Gasteiger partial charge in [0, 0.05) is 12.2 Å². The van der Waals surface area contributed by atoms with Gasteiger partial charge in [0.15, 0.2) is 0 Å². The maximum absolute atomic E-state index is 12.5. The predicted molar refractivity (Wildman–Crippen MR) is 89.2 cm³/mol. The first-order chi connectivity index (χ1) is 10.7. The van der Waals surface area contributed by atoms with Crippen LogP contribution in [-0.2, 0) is 0 Å². The molecule has 0 fully saturated rings. The van der Waals surface area contributed by atoms with Crippen LogP contribution < -0.4 is 10.1 Å². The van der Waals surface area contributed by atoms with Gasteiger partial charge in [0.05, 0.1) is 13.2 Å². The molecule has 4 nitrogen and oxygen atoms in total. The Morgan fingerprint density at radius 3 is 2.55 bits per heavy atom. The zero-order valence-electron chi connectivity index (χ0n) is 13.2. The second-order valence-corrected chi connectivity index (χ2v) is 5.03. The Bertz CT molecular complexity index is 613. The molecule has 0 aliphatic rings. The third kappa shape index (κ3) is 3.79. The minimum absolute atomic E-state index is 0.0381. The average molecular weight is 298 g/mol. The van der Waals surface area contributed by atoms with Crippen molar-refractivity contribution in [2.24, 2.45) is 0 Å². The largest absolute Gasteiger partial charge is 0.497 e. The van der Waals surface area contributed by atoms with E-state index in [1.165, 1.54) is 0 Å². The summed E-state index contributed by atoms with van der Waals surface area (Å²) in [5.74, 6) is 0.795. The summed E-state index contributed by atoms with van der Waals surface area (Å²) in [6.45, 7) is 4.61. The second kappa shape index (κ2) is 7.50. The molecule has 0 saturated carbocycles. The highest BCUT2D eigenvalue weighted by Gasteiger charge is 2.20. The van der Waals surface area contributed by atoms with Gasteiger partial charge < -0.3 is 15.0 Å². The third-order valence-corrected chi connectivity index (χ3v) is 3.67. The fourth-order valence-corrected chi connectivity index (χ4v) is 2.39. The van der Waals surface area contributed by atoms with E-state index in [-0.39, 0.29) is 12.1 Å². The van der Waals surface area contributed by atoms with E-state index in [1.54, 1.807) is 12.0 Å². The SMILES string of the molecule is CCN(C(=O)Nc1ccccc1)C(C)c1cccc(OC)c1. The molecule has 0 bridgehead atoms. The fourth-order valence-electron chi connectivity index (χ4n) is 2.39. The Kier molecular flexibility index (Phi) is 5.42. The van der Waals surface area contributed by atoms with E-state index in [0.717, 1.165) is 17.0 Å². The van der Waals surface area contributed by atoms with E-state index in [0.29, 0.717) is 6.54 Å². The van der Waals surface area contributed by atoms with Crippen LogP contribution in [0, 0.1) is 0 Å². The van der Waals surface area contributed by atoms with Crippen molar-refractivity contribution in [1.29, 1.82) is 0 Å². The molecule has 1 N–H and O–H groups in total. The Morgan fingerprint density at radius 1 is 1.18 bits per heavy atom. The van der Waals surface area contributed by atoms with E-state index in [4.69, 9.17) is 4.74 Å². The van der Waals surface area contributed by atoms with Crippen molar-refractivity contribution < 1.29 is 9.53 Å². The Morgan fingerprint density at radius 2 is 1.91 bits per heavy atom. The molecular weight excluding hydrogens is 276 g/mol. The summed E-state index contributed by atoms with van der Waals surface area (Å²) in [5, 5.41) is 2.93. The standard InChI is InChI=1S/C18H22N2O2/c1-4-20(18(21)19-16-10-6-5-7-11-16)14(2)15-9-8-12-17(13-15)22-3/h5-14H,4H2,1-3H3,(H,19,21). The lowest BCUT2D eigenvalue weighted by Gasteiger charge is -2.28. The minimum atomic E-state index is -0.107. The van der Waals surface area contributed by atoms with Gasteiger partial charge in [-0.15, -0.1) is 0 Å². The lowest BCUT2D eigenvalue weighted by atomic mass is 10.1. The number of ether oxygens (including phenoxy) is 1. The quantitative estimate of drug-likeness (QED) is 0.893. The van der Waals surface area contributed by atoms with Crippen molar-refractivity contribution in [2.45, 2.75) is 19.9 Å². The molecule has 0 aliphatic carbocycles. The number of amides is 2. The van der Waals surface area contributed by atoms with Gasteiger partial charge in [-0.1, -0.05) is 30.3 Å². The monoisotopic (exact) mass is 298 g/mol. The first-order valence-electron chi connectivity index (χ1n) is 7.42. The van der Waals surface area contributed by atoms with E-state index in [1.807, 2.05) is 68.4 Å². The number of methoxy groups -OCH3 is 1. The highest BCUT2D eigenvalue weighted by molar-refractivity contribution is 5.89. The van der Waals surface area contributed by atoms with E-state index in [9.17, 15) is 4.79 Å². The number of carbonyl (C=O) groups excluding carboxylic acids is 1. The van der Waals surface area contributed by atoms with E-state index < -0.39 is 0 Å². The lowest BCUT2D eigenvalue weighted by molar-refractivity contribution is 0.197. The first-order valence-corrected chi connectivity index (χ1v) is 7.42. The van der Waals surface area contributed by atoms with Gasteiger partial charge in [0.2, 0.25) is 0 Å². The van der Waals surface area contributed by atoms with Crippen molar-refractivity contribution in [3.63, 3.8) is 0 Å². The normalized spacial score (nSPS) is 11.6. The molecule has 0 aliphatic heterocycles. The fraction of sp³-hybridized carbons (Fsp3) is 0.278. The first kappa shape index (κ1) is 15.9. The van der Waals surface area contributed by atoms with Gasteiger partial charge >= 0.3 is 6.03 Å². The Balaban J connectivity index is 2.14. The maximum atomic E-state index is 12.5. The summed E-state index contributed by atoms with van der Waals surface area (Å²) in [4.78, 5) is 14.3. The van der Waals surface area contributed by atoms with E-state index >= 15 is 0 Å². The van der Waals surface area contributed by atoms with Crippen LogP contribution in [-0.4, -0.2) is 24.6 Å². The average Bonchev–Trinajstić information content (AvgIpc) is 2.56. The number of nitrogens with zero attached hydrogens (tertiary/aromatic N) is 1. The maximum Gasteiger partial charge on any atom is 0.322 e. The van der Waals surface area contributed by atoms with Crippen LogP contribution in [0.2, 0.25) is 0 Å². The summed E-state index contributed by atoms with van der Waals surface area (Å²) in [7, 11) is 1.64. The van der Waals surface area contributed by atoms with Crippen LogP contribution in [0.4, 0.5) is 10.5 Å². The minimum Gasteiger partial charge on any atom is -0.497 e. The van der Waals surface area contributed by atoms with Crippen LogP contribution in [0.15, 0.2) is 54.6 Å². The molecule has 0 aromatic heterocycles. The van der Waals surface area contributed by atoms with Gasteiger partial charge in [-0.2, -0.15) is 0 Å². The molecular formula is C18H22N2O2. The summed E-state index contributed by atoms with van der Waals surface area (Å²) in [6, 6.07) is 17.1. The van der Waals surface area contributed by atoms with Crippen LogP contribution in [0.25, 0.3) is 0 Å². The lowest BCUT2D eigenvalue weighted by Crippen LogP contribution is -2.36. The molecule has 1 unspecified atom stereocenters. The van der Waals surface area contributed by atoms with Crippen LogP contribution >= 0.6 is 0 Å². The van der Waals surface area contributed by atoms with Crippen molar-refractivity contribution in [1.82, 2.24) is 4.90 Å². The van der Waals surface area contributed by atoms with E-state index in [2.05, 4.69) is 5.32 Å². The number of hydrogen-bond acceptors (Lipinski definition) is 2. The molecule has 2 amide bonds. The zero-order valence-corrected chi connectivity index (χ0v) is 13.2. The smallest absolute Gasteiger partial charge is 0.322 e. The molecule has 2 aromatic rings. The highest BCUT2D eigenvalue weighted by atomic mass is 16.5. The number of benzene rings is 2. The van der Waals surface area contributed by atoms with Gasteiger partial charge in [-0.25, -0.2) is 4.79 Å². The van der Waals surface area contributed by atoms with Crippen molar-refractivity contribution in [2.75, 3.05) is 19.0 Å². The molecule has 4 heteroatoms. The number of urea groups is 1. The molecule has 0 saturated heterocycles. The van der Waals surface area contributed by atoms with Gasteiger partial charge in [0.25, 0.3) is 0 Å². The molecule has 2 aromatic carbocycles. The van der Waals surface area contributed by atoms with Crippen molar-refractivity contribution in [3.05, 3.63) is 60.2 Å². The molecule has 2 rings (SSSR count). The van der Waals surface area contributed by atoms with Crippen LogP contribution in [0.1, 0.15) is 25.5 Å². The number of hydrogen-bond donors (Lipinski definition) is 1. The zero-order chi connectivity index (χ0) is 15.9. The number of para-hydroxylation sites is 1. The van der Waals surface area contributed by atoms with Gasteiger partial charge in [-0.3, -0.25) is 0 Å². The molecule has 0 heterocycles. The van der Waals surface area contributed by atoms with Crippen LogP contribution in [0.3, 0.4) is 0 Å². The summed E-state index contributed by atoms with van der Waals surface area (Å²) >= 11 is 0. The number of anilines is 1. The molecule has 116 valence electrons. The summed E-state index contributed by atoms with van der Waals surface area (Å²) < 4.78 is 5.26. The van der Waals surface area contributed by atoms with Gasteiger partial charge in [-0.05, 0) is 43.7 Å². The van der Waals surface area contributed by atoms with Crippen molar-refractivity contribution in [3.8, 4) is 5.75 Å². The molecule has 0 radical (unpaired) electrons. The Labute approximate surface area is 131 Å². The number of carbonyl (C=O) groups is 1. The number of rotatable bonds is 5. The topological polar surface area (TPSA) is 41.6 Å².